The van der Waals surface area contributed by atoms with Gasteiger partial charge in [-0.1, -0.05) is 29.8 Å². The molecule has 3 rings (SSSR count). The molecule has 23 heavy (non-hydrogen) atoms. The van der Waals surface area contributed by atoms with E-state index in [1.54, 1.807) is 24.5 Å². The molecule has 0 radical (unpaired) electrons. The van der Waals surface area contributed by atoms with Gasteiger partial charge in [0.2, 0.25) is 0 Å². The van der Waals surface area contributed by atoms with E-state index in [1.807, 2.05) is 0 Å². The summed E-state index contributed by atoms with van der Waals surface area (Å²) < 4.78 is 13.1. The molecule has 1 aromatic heterocycles. The second-order valence-electron chi connectivity index (χ2n) is 5.14. The van der Waals surface area contributed by atoms with Gasteiger partial charge in [-0.3, -0.25) is 0 Å². The van der Waals surface area contributed by atoms with Crippen LogP contribution in [0.5, 0.6) is 0 Å². The molecular weight excluding hydrogens is 291 g/mol. The third-order valence-corrected chi connectivity index (χ3v) is 3.46. The zero-order valence-corrected chi connectivity index (χ0v) is 13.0. The van der Waals surface area contributed by atoms with E-state index in [0.29, 0.717) is 6.54 Å². The number of anilines is 2. The summed E-state index contributed by atoms with van der Waals surface area (Å²) in [5.41, 5.74) is 4.17. The summed E-state index contributed by atoms with van der Waals surface area (Å²) in [6.07, 6.45) is 5.06. The van der Waals surface area contributed by atoms with Crippen LogP contribution in [-0.4, -0.2) is 9.97 Å². The van der Waals surface area contributed by atoms with Gasteiger partial charge in [0, 0.05) is 12.2 Å². The highest BCUT2D eigenvalue weighted by Crippen LogP contribution is 2.26. The van der Waals surface area contributed by atoms with Crippen LogP contribution in [0.4, 0.5) is 15.8 Å². The topological polar surface area (TPSA) is 64.0 Å². The Balaban J connectivity index is 0.00000192. The highest BCUT2D eigenvalue weighted by atomic mass is 19.1. The van der Waals surface area contributed by atoms with Crippen LogP contribution in [0, 0.1) is 12.7 Å². The predicted molar refractivity (Wildman–Crippen MR) is 90.5 cm³/mol. The molecule has 0 spiro atoms. The number of nitrogens with zero attached hydrogens (tertiary/aromatic N) is 3. The molecule has 0 atom stereocenters. The molecule has 0 aliphatic carbocycles. The standard InChI is InChI=1S/C18H16FN3.H3N/c1-14-2-8-17(9-3-14)22(18-10-20-13-21-11-18)12-15-4-6-16(19)7-5-15;/h2-11,13H,12H2,1H3;1H3. The van der Waals surface area contributed by atoms with Gasteiger partial charge in [0.25, 0.3) is 0 Å². The Kier molecular flexibility index (Phi) is 5.38. The summed E-state index contributed by atoms with van der Waals surface area (Å²) >= 11 is 0. The van der Waals surface area contributed by atoms with Gasteiger partial charge in [0.1, 0.15) is 12.1 Å². The van der Waals surface area contributed by atoms with E-state index in [9.17, 15) is 4.39 Å². The van der Waals surface area contributed by atoms with E-state index in [-0.39, 0.29) is 12.0 Å². The molecule has 4 nitrogen and oxygen atoms in total. The molecule has 0 fully saturated rings. The lowest BCUT2D eigenvalue weighted by atomic mass is 10.1. The molecular formula is C18H19FN4. The van der Waals surface area contributed by atoms with Crippen molar-refractivity contribution in [1.82, 2.24) is 16.1 Å². The number of benzene rings is 2. The highest BCUT2D eigenvalue weighted by Gasteiger charge is 2.10. The second kappa shape index (κ2) is 7.47. The van der Waals surface area contributed by atoms with Gasteiger partial charge in [0.15, 0.2) is 0 Å². The Morgan fingerprint density at radius 1 is 0.870 bits per heavy atom. The number of halogens is 1. The number of aromatic nitrogens is 2. The average Bonchev–Trinajstić information content (AvgIpc) is 2.56. The Labute approximate surface area is 135 Å². The highest BCUT2D eigenvalue weighted by molar-refractivity contribution is 5.62. The minimum Gasteiger partial charge on any atom is -0.344 e. The van der Waals surface area contributed by atoms with E-state index < -0.39 is 0 Å². The van der Waals surface area contributed by atoms with Gasteiger partial charge in [-0.2, -0.15) is 0 Å². The second-order valence-corrected chi connectivity index (χ2v) is 5.14. The first-order chi connectivity index (χ1) is 10.7. The molecule has 0 aliphatic heterocycles. The Morgan fingerprint density at radius 3 is 2.09 bits per heavy atom. The molecule has 0 unspecified atom stereocenters. The van der Waals surface area contributed by atoms with Gasteiger partial charge in [0.05, 0.1) is 18.1 Å². The smallest absolute Gasteiger partial charge is 0.123 e. The van der Waals surface area contributed by atoms with Crippen LogP contribution in [0.25, 0.3) is 0 Å². The molecule has 0 bridgehead atoms. The minimum atomic E-state index is -0.228. The maximum Gasteiger partial charge on any atom is 0.123 e. The predicted octanol–water partition coefficient (Wildman–Crippen LogP) is 4.42. The summed E-state index contributed by atoms with van der Waals surface area (Å²) in [5.74, 6) is -0.228. The molecule has 3 N–H and O–H groups in total. The van der Waals surface area contributed by atoms with Gasteiger partial charge in [-0.05, 0) is 36.8 Å². The third-order valence-electron chi connectivity index (χ3n) is 3.46. The van der Waals surface area contributed by atoms with Crippen molar-refractivity contribution in [2.45, 2.75) is 13.5 Å². The van der Waals surface area contributed by atoms with Crippen molar-refractivity contribution in [3.05, 3.63) is 84.2 Å². The van der Waals surface area contributed by atoms with Gasteiger partial charge < -0.3 is 11.1 Å². The normalized spacial score (nSPS) is 10.0. The fourth-order valence-electron chi connectivity index (χ4n) is 2.26. The summed E-state index contributed by atoms with van der Waals surface area (Å²) in [6, 6.07) is 14.8. The maximum atomic E-state index is 13.1. The first-order valence-corrected chi connectivity index (χ1v) is 7.06. The van der Waals surface area contributed by atoms with Crippen LogP contribution in [0.15, 0.2) is 67.3 Å². The van der Waals surface area contributed by atoms with Crippen LogP contribution < -0.4 is 11.1 Å². The van der Waals surface area contributed by atoms with Crippen molar-refractivity contribution in [3.8, 4) is 0 Å². The van der Waals surface area contributed by atoms with E-state index in [0.717, 1.165) is 16.9 Å². The maximum absolute atomic E-state index is 13.1. The van der Waals surface area contributed by atoms with Crippen molar-refractivity contribution < 1.29 is 4.39 Å². The van der Waals surface area contributed by atoms with Gasteiger partial charge >= 0.3 is 0 Å². The summed E-state index contributed by atoms with van der Waals surface area (Å²) in [4.78, 5) is 10.3. The van der Waals surface area contributed by atoms with Crippen LogP contribution in [-0.2, 0) is 6.54 Å². The molecule has 0 amide bonds. The monoisotopic (exact) mass is 310 g/mol. The van der Waals surface area contributed by atoms with E-state index in [1.165, 1.54) is 24.0 Å². The quantitative estimate of drug-likeness (QED) is 0.774. The van der Waals surface area contributed by atoms with E-state index in [4.69, 9.17) is 0 Å². The fourth-order valence-corrected chi connectivity index (χ4v) is 2.26. The average molecular weight is 310 g/mol. The molecule has 3 aromatic rings. The van der Waals surface area contributed by atoms with Crippen molar-refractivity contribution in [1.29, 1.82) is 0 Å². The Bertz CT molecular complexity index is 727. The van der Waals surface area contributed by atoms with Crippen LogP contribution >= 0.6 is 0 Å². The Morgan fingerprint density at radius 2 is 1.48 bits per heavy atom. The summed E-state index contributed by atoms with van der Waals surface area (Å²) in [7, 11) is 0. The summed E-state index contributed by atoms with van der Waals surface area (Å²) in [6.45, 7) is 2.68. The first kappa shape index (κ1) is 16.6. The minimum absolute atomic E-state index is 0. The van der Waals surface area contributed by atoms with Gasteiger partial charge in [-0.25, -0.2) is 14.4 Å². The SMILES string of the molecule is Cc1ccc(N(Cc2ccc(F)cc2)c2cncnc2)cc1.N. The number of rotatable bonds is 4. The number of hydrogen-bond donors (Lipinski definition) is 1. The van der Waals surface area contributed by atoms with Crippen molar-refractivity contribution in [2.24, 2.45) is 0 Å². The molecule has 0 saturated heterocycles. The van der Waals surface area contributed by atoms with Crippen LogP contribution in [0.1, 0.15) is 11.1 Å². The zero-order valence-electron chi connectivity index (χ0n) is 13.0. The number of hydrogen-bond acceptors (Lipinski definition) is 4. The number of aryl methyl sites for hydroxylation is 1. The molecule has 0 saturated carbocycles. The lowest BCUT2D eigenvalue weighted by Gasteiger charge is -2.24. The first-order valence-electron chi connectivity index (χ1n) is 7.06. The zero-order chi connectivity index (χ0) is 15.4. The molecule has 118 valence electrons. The largest absolute Gasteiger partial charge is 0.344 e. The molecule has 1 heterocycles. The molecule has 0 aliphatic rings. The van der Waals surface area contributed by atoms with E-state index in [2.05, 4.69) is 46.1 Å². The molecule has 5 heteroatoms. The molecule has 2 aromatic carbocycles. The summed E-state index contributed by atoms with van der Waals surface area (Å²) in [5, 5.41) is 0. The lowest BCUT2D eigenvalue weighted by molar-refractivity contribution is 0.627. The Hall–Kier alpha value is -2.79. The van der Waals surface area contributed by atoms with Crippen molar-refractivity contribution in [3.63, 3.8) is 0 Å². The van der Waals surface area contributed by atoms with E-state index >= 15 is 0 Å². The van der Waals surface area contributed by atoms with Crippen molar-refractivity contribution in [2.75, 3.05) is 4.90 Å². The lowest BCUT2D eigenvalue weighted by Crippen LogP contribution is -2.16. The third kappa shape index (κ3) is 4.11. The fraction of sp³-hybridized carbons (Fsp3) is 0.111. The van der Waals surface area contributed by atoms with Gasteiger partial charge in [-0.15, -0.1) is 0 Å². The van der Waals surface area contributed by atoms with Crippen LogP contribution in [0.2, 0.25) is 0 Å². The van der Waals surface area contributed by atoms with Crippen molar-refractivity contribution >= 4 is 11.4 Å². The van der Waals surface area contributed by atoms with Crippen LogP contribution in [0.3, 0.4) is 0 Å².